The average Bonchev–Trinajstić information content (AvgIpc) is 2.54. The molecule has 4 unspecified atom stereocenters. The molecule has 1 aromatic rings. The topological polar surface area (TPSA) is 170 Å². The van der Waals surface area contributed by atoms with E-state index in [1.165, 1.54) is 7.11 Å². The number of methoxy groups -OCH3 is 1. The Hall–Kier alpha value is -2.08. The molecule has 1 heterocycles. The Kier molecular flexibility index (Phi) is 7.71. The Bertz CT molecular complexity index is 644. The Balaban J connectivity index is 2.75. The SMILES string of the molecule is CCCC(N)C(=O)OCC(OC)C(O)C(O)n1ncc(=O)[nH]c1=O. The van der Waals surface area contributed by atoms with Gasteiger partial charge >= 0.3 is 11.7 Å². The van der Waals surface area contributed by atoms with Crippen LogP contribution in [0.4, 0.5) is 0 Å². The van der Waals surface area contributed by atoms with E-state index in [4.69, 9.17) is 15.2 Å². The number of aliphatic hydroxyl groups excluding tert-OH is 2. The van der Waals surface area contributed by atoms with Crippen molar-refractivity contribution < 1.29 is 24.5 Å². The summed E-state index contributed by atoms with van der Waals surface area (Å²) in [5, 5.41) is 23.5. The van der Waals surface area contributed by atoms with E-state index in [2.05, 4.69) is 5.10 Å². The van der Waals surface area contributed by atoms with Crippen LogP contribution in [0.3, 0.4) is 0 Å². The summed E-state index contributed by atoms with van der Waals surface area (Å²) in [6.07, 6.45) is -2.70. The predicted molar refractivity (Wildman–Crippen MR) is 81.0 cm³/mol. The van der Waals surface area contributed by atoms with Gasteiger partial charge in [0.15, 0.2) is 6.23 Å². The Morgan fingerprint density at radius 3 is 2.67 bits per heavy atom. The van der Waals surface area contributed by atoms with Gasteiger partial charge in [-0.05, 0) is 6.42 Å². The molecule has 4 atom stereocenters. The molecule has 0 saturated heterocycles. The summed E-state index contributed by atoms with van der Waals surface area (Å²) in [7, 11) is 1.23. The maximum Gasteiger partial charge on any atom is 0.347 e. The highest BCUT2D eigenvalue weighted by Crippen LogP contribution is 2.11. The number of carbonyl (C=O) groups excluding carboxylic acids is 1. The Morgan fingerprint density at radius 1 is 1.46 bits per heavy atom. The van der Waals surface area contributed by atoms with Gasteiger partial charge in [0.25, 0.3) is 5.56 Å². The van der Waals surface area contributed by atoms with E-state index in [1.54, 1.807) is 0 Å². The van der Waals surface area contributed by atoms with Gasteiger partial charge < -0.3 is 25.4 Å². The standard InChI is InChI=1S/C13H22N4O7/c1-3-4-7(14)12(21)24-6-8(23-2)10(19)11(20)17-13(22)16-9(18)5-15-17/h5,7-8,10-11,19-20H,3-4,6,14H2,1-2H3,(H,16,18,22). The van der Waals surface area contributed by atoms with E-state index < -0.39 is 41.7 Å². The number of nitrogens with one attached hydrogen (secondary N) is 1. The first-order chi connectivity index (χ1) is 11.3. The minimum Gasteiger partial charge on any atom is -0.462 e. The van der Waals surface area contributed by atoms with Crippen molar-refractivity contribution in [3.8, 4) is 0 Å². The van der Waals surface area contributed by atoms with Gasteiger partial charge in [0.1, 0.15) is 31.1 Å². The molecule has 0 radical (unpaired) electrons. The minimum absolute atomic E-state index is 0.386. The minimum atomic E-state index is -1.82. The van der Waals surface area contributed by atoms with Gasteiger partial charge in [-0.15, -0.1) is 0 Å². The van der Waals surface area contributed by atoms with Crippen LogP contribution < -0.4 is 17.0 Å². The summed E-state index contributed by atoms with van der Waals surface area (Å²) in [5.74, 6) is -0.667. The monoisotopic (exact) mass is 346 g/mol. The fraction of sp³-hybridized carbons (Fsp3) is 0.692. The van der Waals surface area contributed by atoms with Gasteiger partial charge in [0, 0.05) is 7.11 Å². The highest BCUT2D eigenvalue weighted by molar-refractivity contribution is 5.75. The third kappa shape index (κ3) is 5.23. The largest absolute Gasteiger partial charge is 0.462 e. The van der Waals surface area contributed by atoms with Crippen LogP contribution in [0.25, 0.3) is 0 Å². The van der Waals surface area contributed by atoms with Crippen molar-refractivity contribution in [2.75, 3.05) is 13.7 Å². The average molecular weight is 346 g/mol. The number of hydrogen-bond acceptors (Lipinski definition) is 9. The number of aromatic amines is 1. The van der Waals surface area contributed by atoms with Crippen molar-refractivity contribution >= 4 is 5.97 Å². The van der Waals surface area contributed by atoms with Gasteiger partial charge in [-0.1, -0.05) is 13.3 Å². The molecule has 0 saturated carbocycles. The lowest BCUT2D eigenvalue weighted by atomic mass is 10.1. The van der Waals surface area contributed by atoms with Crippen molar-refractivity contribution in [2.24, 2.45) is 5.73 Å². The van der Waals surface area contributed by atoms with Crippen molar-refractivity contribution in [3.63, 3.8) is 0 Å². The highest BCUT2D eigenvalue weighted by atomic mass is 16.6. The first-order valence-corrected chi connectivity index (χ1v) is 7.31. The van der Waals surface area contributed by atoms with Crippen molar-refractivity contribution in [1.82, 2.24) is 14.8 Å². The number of hydrogen-bond donors (Lipinski definition) is 4. The molecule has 0 aliphatic heterocycles. The summed E-state index contributed by atoms with van der Waals surface area (Å²) >= 11 is 0. The number of esters is 1. The van der Waals surface area contributed by atoms with Gasteiger partial charge in [0.2, 0.25) is 0 Å². The van der Waals surface area contributed by atoms with Crippen LogP contribution in [0.2, 0.25) is 0 Å². The second-order valence-electron chi connectivity index (χ2n) is 5.09. The van der Waals surface area contributed by atoms with Crippen LogP contribution in [0.5, 0.6) is 0 Å². The molecule has 136 valence electrons. The first kappa shape index (κ1) is 20.0. The highest BCUT2D eigenvalue weighted by Gasteiger charge is 2.30. The lowest BCUT2D eigenvalue weighted by molar-refractivity contribution is -0.159. The summed E-state index contributed by atoms with van der Waals surface area (Å²) in [5.41, 5.74) is 3.84. The van der Waals surface area contributed by atoms with Gasteiger partial charge in [-0.2, -0.15) is 9.78 Å². The molecule has 0 bridgehead atoms. The fourth-order valence-corrected chi connectivity index (χ4v) is 1.89. The van der Waals surface area contributed by atoms with Gasteiger partial charge in [0.05, 0.1) is 0 Å². The van der Waals surface area contributed by atoms with E-state index in [0.717, 1.165) is 6.20 Å². The molecule has 0 fully saturated rings. The van der Waals surface area contributed by atoms with E-state index in [-0.39, 0.29) is 6.61 Å². The number of aliphatic hydroxyl groups is 2. The molecular weight excluding hydrogens is 324 g/mol. The number of ether oxygens (including phenoxy) is 2. The lowest BCUT2D eigenvalue weighted by Gasteiger charge is -2.25. The molecule has 0 aromatic carbocycles. The summed E-state index contributed by atoms with van der Waals surface area (Å²) in [6.45, 7) is 1.48. The molecule has 5 N–H and O–H groups in total. The molecule has 0 aliphatic rings. The predicted octanol–water partition coefficient (Wildman–Crippen LogP) is -2.53. The quantitative estimate of drug-likeness (QED) is 0.352. The Labute approximate surface area is 137 Å². The third-order valence-corrected chi connectivity index (χ3v) is 3.27. The second kappa shape index (κ2) is 9.27. The summed E-state index contributed by atoms with van der Waals surface area (Å²) in [4.78, 5) is 36.0. The lowest BCUT2D eigenvalue weighted by Crippen LogP contribution is -2.45. The number of carbonyl (C=O) groups is 1. The maximum atomic E-state index is 11.7. The van der Waals surface area contributed by atoms with Crippen molar-refractivity contribution in [3.05, 3.63) is 27.0 Å². The molecule has 0 spiro atoms. The van der Waals surface area contributed by atoms with Crippen LogP contribution in [-0.4, -0.2) is 62.9 Å². The number of rotatable bonds is 9. The van der Waals surface area contributed by atoms with Crippen molar-refractivity contribution in [2.45, 2.75) is 44.2 Å². The third-order valence-electron chi connectivity index (χ3n) is 3.27. The fourth-order valence-electron chi connectivity index (χ4n) is 1.89. The smallest absolute Gasteiger partial charge is 0.347 e. The summed E-state index contributed by atoms with van der Waals surface area (Å²) < 4.78 is 10.4. The van der Waals surface area contributed by atoms with Crippen molar-refractivity contribution in [1.29, 1.82) is 0 Å². The number of nitrogens with two attached hydrogens (primary N) is 1. The van der Waals surface area contributed by atoms with Crippen LogP contribution >= 0.6 is 0 Å². The normalized spacial score (nSPS) is 16.2. The number of H-pyrrole nitrogens is 1. The van der Waals surface area contributed by atoms with Crippen LogP contribution in [0.15, 0.2) is 15.8 Å². The summed E-state index contributed by atoms with van der Waals surface area (Å²) in [6, 6.07) is -0.793. The zero-order valence-corrected chi connectivity index (χ0v) is 13.4. The van der Waals surface area contributed by atoms with E-state index in [1.807, 2.05) is 11.9 Å². The van der Waals surface area contributed by atoms with E-state index >= 15 is 0 Å². The Morgan fingerprint density at radius 2 is 2.12 bits per heavy atom. The second-order valence-corrected chi connectivity index (χ2v) is 5.09. The van der Waals surface area contributed by atoms with Gasteiger partial charge in [-0.3, -0.25) is 14.6 Å². The molecule has 0 aliphatic carbocycles. The zero-order chi connectivity index (χ0) is 18.3. The van der Waals surface area contributed by atoms with Crippen LogP contribution in [-0.2, 0) is 14.3 Å². The van der Waals surface area contributed by atoms with E-state index in [0.29, 0.717) is 17.5 Å². The van der Waals surface area contributed by atoms with E-state index in [9.17, 15) is 24.6 Å². The van der Waals surface area contributed by atoms with Gasteiger partial charge in [-0.25, -0.2) is 4.79 Å². The molecule has 1 aromatic heterocycles. The molecule has 1 rings (SSSR count). The van der Waals surface area contributed by atoms with Crippen LogP contribution in [0.1, 0.15) is 26.0 Å². The molecule has 11 nitrogen and oxygen atoms in total. The number of aromatic nitrogens is 3. The zero-order valence-electron chi connectivity index (χ0n) is 13.4. The molecular formula is C13H22N4O7. The van der Waals surface area contributed by atoms with Crippen LogP contribution in [0, 0.1) is 0 Å². The molecule has 24 heavy (non-hydrogen) atoms. The molecule has 0 amide bonds. The maximum absolute atomic E-state index is 11.7. The molecule has 11 heteroatoms. The first-order valence-electron chi connectivity index (χ1n) is 7.31. The number of nitrogens with zero attached hydrogens (tertiary/aromatic N) is 2.